The van der Waals surface area contributed by atoms with Crippen molar-refractivity contribution in [2.75, 3.05) is 24.7 Å². The third kappa shape index (κ3) is 9.11. The summed E-state index contributed by atoms with van der Waals surface area (Å²) in [5.74, 6) is 1.56. The molecular weight excluding hydrogens is 224 g/mol. The summed E-state index contributed by atoms with van der Waals surface area (Å²) in [5.41, 5.74) is 0. The third-order valence-electron chi connectivity index (χ3n) is 1.57. The Kier molecular flexibility index (Phi) is 10.5. The molecule has 0 spiro atoms. The molecule has 0 radical (unpaired) electrons. The number of aliphatic hydroxyl groups excluding tert-OH is 4. The summed E-state index contributed by atoms with van der Waals surface area (Å²) in [5, 5.41) is 35.0. The zero-order valence-electron chi connectivity index (χ0n) is 8.00. The van der Waals surface area contributed by atoms with E-state index in [2.05, 4.69) is 0 Å². The van der Waals surface area contributed by atoms with Gasteiger partial charge in [0.2, 0.25) is 0 Å². The van der Waals surface area contributed by atoms with Crippen LogP contribution in [-0.4, -0.2) is 57.4 Å². The van der Waals surface area contributed by atoms with Crippen molar-refractivity contribution < 1.29 is 20.4 Å². The molecule has 2 unspecified atom stereocenters. The molecule has 0 heterocycles. The second-order valence-electron chi connectivity index (χ2n) is 2.89. The van der Waals surface area contributed by atoms with E-state index in [1.807, 2.05) is 0 Å². The van der Waals surface area contributed by atoms with Crippen LogP contribution in [0.2, 0.25) is 0 Å². The van der Waals surface area contributed by atoms with Gasteiger partial charge >= 0.3 is 0 Å². The van der Waals surface area contributed by atoms with Crippen LogP contribution in [0.5, 0.6) is 0 Å². The Bertz CT molecular complexity index is 112. The van der Waals surface area contributed by atoms with E-state index in [0.29, 0.717) is 12.8 Å². The first-order chi connectivity index (χ1) is 6.70. The summed E-state index contributed by atoms with van der Waals surface area (Å²) in [6.45, 7) is -0.372. The molecule has 2 atom stereocenters. The molecule has 0 bridgehead atoms. The Morgan fingerprint density at radius 3 is 1.43 bits per heavy atom. The predicted molar refractivity (Wildman–Crippen MR) is 60.3 cm³/mol. The standard InChI is InChI=1S/C8H18O4S2/c9-5-7(11)1-3-13-14-4-2-8(12)6-10/h7-12H,1-6H2. The SMILES string of the molecule is OCC(O)CCSSCCC(O)CO. The van der Waals surface area contributed by atoms with Crippen molar-refractivity contribution in [1.29, 1.82) is 0 Å². The maximum Gasteiger partial charge on any atom is 0.0779 e. The van der Waals surface area contributed by atoms with Crippen LogP contribution in [0.1, 0.15) is 12.8 Å². The molecule has 0 aromatic rings. The van der Waals surface area contributed by atoms with Gasteiger partial charge in [0.15, 0.2) is 0 Å². The van der Waals surface area contributed by atoms with Crippen molar-refractivity contribution in [3.63, 3.8) is 0 Å². The van der Waals surface area contributed by atoms with Crippen LogP contribution in [0.25, 0.3) is 0 Å². The summed E-state index contributed by atoms with van der Waals surface area (Å²) < 4.78 is 0. The summed E-state index contributed by atoms with van der Waals surface area (Å²) in [4.78, 5) is 0. The van der Waals surface area contributed by atoms with Crippen LogP contribution in [0.15, 0.2) is 0 Å². The van der Waals surface area contributed by atoms with Gasteiger partial charge in [-0.25, -0.2) is 0 Å². The van der Waals surface area contributed by atoms with Gasteiger partial charge in [0.05, 0.1) is 25.4 Å². The van der Waals surface area contributed by atoms with Crippen LogP contribution in [0.4, 0.5) is 0 Å². The normalized spacial score (nSPS) is 15.4. The van der Waals surface area contributed by atoms with Gasteiger partial charge in [-0.3, -0.25) is 0 Å². The molecule has 0 aromatic heterocycles. The van der Waals surface area contributed by atoms with Crippen LogP contribution < -0.4 is 0 Å². The van der Waals surface area contributed by atoms with Gasteiger partial charge in [-0.1, -0.05) is 21.6 Å². The lowest BCUT2D eigenvalue weighted by molar-refractivity contribution is 0.0931. The average Bonchev–Trinajstić information content (AvgIpc) is 2.22. The minimum atomic E-state index is -0.619. The van der Waals surface area contributed by atoms with E-state index in [-0.39, 0.29) is 13.2 Å². The van der Waals surface area contributed by atoms with Crippen molar-refractivity contribution in [3.8, 4) is 0 Å². The van der Waals surface area contributed by atoms with Crippen LogP contribution >= 0.6 is 21.6 Å². The first kappa shape index (κ1) is 14.5. The quantitative estimate of drug-likeness (QED) is 0.333. The van der Waals surface area contributed by atoms with Crippen molar-refractivity contribution in [3.05, 3.63) is 0 Å². The fourth-order valence-corrected chi connectivity index (χ4v) is 2.93. The van der Waals surface area contributed by atoms with E-state index in [9.17, 15) is 0 Å². The molecule has 4 N–H and O–H groups in total. The summed E-state index contributed by atoms with van der Waals surface area (Å²) in [6, 6.07) is 0. The Morgan fingerprint density at radius 1 is 0.786 bits per heavy atom. The Labute approximate surface area is 92.1 Å². The van der Waals surface area contributed by atoms with Crippen LogP contribution in [0, 0.1) is 0 Å². The molecular formula is C8H18O4S2. The lowest BCUT2D eigenvalue weighted by atomic mass is 10.3. The maximum atomic E-state index is 9.00. The second-order valence-corrected chi connectivity index (χ2v) is 5.60. The summed E-state index contributed by atoms with van der Waals surface area (Å²) in [7, 11) is 3.20. The van der Waals surface area contributed by atoms with E-state index in [4.69, 9.17) is 20.4 Å². The summed E-state index contributed by atoms with van der Waals surface area (Å²) in [6.07, 6.45) is -0.0785. The fraction of sp³-hybridized carbons (Fsp3) is 1.00. The van der Waals surface area contributed by atoms with Gasteiger partial charge in [0.1, 0.15) is 0 Å². The van der Waals surface area contributed by atoms with Gasteiger partial charge in [-0.15, -0.1) is 0 Å². The highest BCUT2D eigenvalue weighted by molar-refractivity contribution is 8.76. The predicted octanol–water partition coefficient (Wildman–Crippen LogP) is -0.146. The van der Waals surface area contributed by atoms with E-state index in [1.165, 1.54) is 0 Å². The maximum absolute atomic E-state index is 9.00. The zero-order chi connectivity index (χ0) is 10.8. The van der Waals surface area contributed by atoms with Gasteiger partial charge in [0, 0.05) is 11.5 Å². The third-order valence-corrected chi connectivity index (χ3v) is 4.05. The molecule has 0 aromatic carbocycles. The fourth-order valence-electron chi connectivity index (χ4n) is 0.669. The van der Waals surface area contributed by atoms with E-state index >= 15 is 0 Å². The second kappa shape index (κ2) is 10.1. The molecule has 0 rings (SSSR count). The first-order valence-corrected chi connectivity index (χ1v) is 7.01. The monoisotopic (exact) mass is 242 g/mol. The Hall–Kier alpha value is 0.540. The van der Waals surface area contributed by atoms with Crippen molar-refractivity contribution in [2.24, 2.45) is 0 Å². The molecule has 0 amide bonds. The summed E-state index contributed by atoms with van der Waals surface area (Å²) >= 11 is 0. The molecule has 0 aliphatic carbocycles. The van der Waals surface area contributed by atoms with Gasteiger partial charge in [-0.2, -0.15) is 0 Å². The largest absolute Gasteiger partial charge is 0.394 e. The molecule has 0 saturated heterocycles. The highest BCUT2D eigenvalue weighted by atomic mass is 33.1. The molecule has 0 saturated carbocycles. The molecule has 4 nitrogen and oxygen atoms in total. The minimum absolute atomic E-state index is 0.186. The highest BCUT2D eigenvalue weighted by Crippen LogP contribution is 2.23. The van der Waals surface area contributed by atoms with E-state index < -0.39 is 12.2 Å². The first-order valence-electron chi connectivity index (χ1n) is 4.53. The van der Waals surface area contributed by atoms with Gasteiger partial charge in [-0.05, 0) is 12.8 Å². The number of aliphatic hydroxyl groups is 4. The zero-order valence-corrected chi connectivity index (χ0v) is 9.64. The number of hydrogen-bond donors (Lipinski definition) is 4. The molecule has 14 heavy (non-hydrogen) atoms. The van der Waals surface area contributed by atoms with Crippen molar-refractivity contribution in [2.45, 2.75) is 25.0 Å². The van der Waals surface area contributed by atoms with Crippen molar-refractivity contribution >= 4 is 21.6 Å². The van der Waals surface area contributed by atoms with Gasteiger partial charge in [0.25, 0.3) is 0 Å². The average molecular weight is 242 g/mol. The smallest absolute Gasteiger partial charge is 0.0779 e. The lowest BCUT2D eigenvalue weighted by Gasteiger charge is -2.07. The van der Waals surface area contributed by atoms with E-state index in [0.717, 1.165) is 11.5 Å². The van der Waals surface area contributed by atoms with Crippen LogP contribution in [-0.2, 0) is 0 Å². The molecule has 86 valence electrons. The van der Waals surface area contributed by atoms with Crippen LogP contribution in [0.3, 0.4) is 0 Å². The molecule has 0 aliphatic rings. The topological polar surface area (TPSA) is 80.9 Å². The van der Waals surface area contributed by atoms with Gasteiger partial charge < -0.3 is 20.4 Å². The highest BCUT2D eigenvalue weighted by Gasteiger charge is 2.03. The Morgan fingerprint density at radius 2 is 1.14 bits per heavy atom. The van der Waals surface area contributed by atoms with E-state index in [1.54, 1.807) is 21.6 Å². The Balaban J connectivity index is 3.06. The molecule has 0 aliphatic heterocycles. The molecule has 0 fully saturated rings. The number of hydrogen-bond acceptors (Lipinski definition) is 6. The van der Waals surface area contributed by atoms with Crippen molar-refractivity contribution in [1.82, 2.24) is 0 Å². The number of rotatable bonds is 9. The molecule has 6 heteroatoms. The lowest BCUT2D eigenvalue weighted by Crippen LogP contribution is -2.13. The minimum Gasteiger partial charge on any atom is -0.394 e.